The van der Waals surface area contributed by atoms with Crippen molar-refractivity contribution in [3.8, 4) is 16.3 Å². The molecule has 4 amide bonds. The number of imide groups is 2. The van der Waals surface area contributed by atoms with Gasteiger partial charge >= 0.3 is 0 Å². The van der Waals surface area contributed by atoms with Crippen molar-refractivity contribution in [3.63, 3.8) is 0 Å². The van der Waals surface area contributed by atoms with Crippen molar-refractivity contribution < 1.29 is 29.0 Å². The molecule has 1 N–H and O–H groups in total. The van der Waals surface area contributed by atoms with E-state index in [4.69, 9.17) is 21.4 Å². The molecule has 4 aliphatic rings. The highest BCUT2D eigenvalue weighted by molar-refractivity contribution is 7.22. The highest BCUT2D eigenvalue weighted by Crippen LogP contribution is 2.64. The van der Waals surface area contributed by atoms with Crippen LogP contribution in [-0.4, -0.2) is 51.7 Å². The highest BCUT2D eigenvalue weighted by atomic mass is 35.5. The average molecular weight is 787 g/mol. The van der Waals surface area contributed by atoms with Gasteiger partial charge in [0.1, 0.15) is 23.9 Å². The molecule has 56 heavy (non-hydrogen) atoms. The summed E-state index contributed by atoms with van der Waals surface area (Å²) in [5.74, 6) is -3.42. The van der Waals surface area contributed by atoms with E-state index in [-0.39, 0.29) is 43.3 Å². The lowest BCUT2D eigenvalue weighted by molar-refractivity contribution is -0.131. The molecule has 1 saturated carbocycles. The topological polar surface area (TPSA) is 122 Å². The minimum Gasteiger partial charge on any atom is -0.491 e. The molecule has 2 aromatic heterocycles. The Morgan fingerprint density at radius 2 is 1.73 bits per heavy atom. The Morgan fingerprint density at radius 3 is 2.45 bits per heavy atom. The summed E-state index contributed by atoms with van der Waals surface area (Å²) in [6, 6.07) is 22.1. The average Bonchev–Trinajstić information content (AvgIpc) is 3.87. The number of aliphatic hydroxyl groups excluding tert-OH is 1. The first-order valence-corrected chi connectivity index (χ1v) is 19.9. The van der Waals surface area contributed by atoms with Gasteiger partial charge in [-0.25, -0.2) is 4.90 Å². The summed E-state index contributed by atoms with van der Waals surface area (Å²) >= 11 is 7.90. The number of hydrogen-bond donors (Lipinski definition) is 1. The molecule has 2 aliphatic carbocycles. The maximum Gasteiger partial charge on any atom is 0.242 e. The number of aromatic nitrogens is 2. The van der Waals surface area contributed by atoms with E-state index in [1.807, 2.05) is 62.4 Å². The van der Waals surface area contributed by atoms with E-state index in [1.165, 1.54) is 9.80 Å². The summed E-state index contributed by atoms with van der Waals surface area (Å²) in [6.07, 6.45) is 4.33. The van der Waals surface area contributed by atoms with Gasteiger partial charge in [0, 0.05) is 28.8 Å². The summed E-state index contributed by atoms with van der Waals surface area (Å²) in [5.41, 5.74) is 3.49. The van der Waals surface area contributed by atoms with Gasteiger partial charge < -0.3 is 9.84 Å². The lowest BCUT2D eigenvalue weighted by atomic mass is 9.51. The Bertz CT molecular complexity index is 2520. The smallest absolute Gasteiger partial charge is 0.242 e. The molecule has 0 bridgehead atoms. The highest BCUT2D eigenvalue weighted by Gasteiger charge is 2.68. The van der Waals surface area contributed by atoms with Crippen molar-refractivity contribution in [2.45, 2.75) is 32.6 Å². The fraction of sp³-hybridized carbons (Fsp3) is 0.295. The van der Waals surface area contributed by atoms with Gasteiger partial charge in [0.05, 0.1) is 40.3 Å². The van der Waals surface area contributed by atoms with E-state index in [0.717, 1.165) is 37.2 Å². The maximum absolute atomic E-state index is 15.2. The molecule has 10 nitrogen and oxygen atoms in total. The number of fused-ring (bicyclic) bond motifs is 5. The van der Waals surface area contributed by atoms with Crippen LogP contribution < -0.4 is 14.5 Å². The van der Waals surface area contributed by atoms with E-state index in [0.29, 0.717) is 34.4 Å². The van der Waals surface area contributed by atoms with Crippen molar-refractivity contribution in [1.82, 2.24) is 9.78 Å². The third-order valence-electron chi connectivity index (χ3n) is 12.5. The molecule has 4 heterocycles. The van der Waals surface area contributed by atoms with E-state index < -0.39 is 35.0 Å². The number of rotatable bonds is 8. The first-order valence-electron chi connectivity index (χ1n) is 18.7. The predicted octanol–water partition coefficient (Wildman–Crippen LogP) is 7.71. The molecule has 3 fully saturated rings. The van der Waals surface area contributed by atoms with Crippen molar-refractivity contribution in [3.05, 3.63) is 113 Å². The normalized spacial score (nSPS) is 25.7. The molecular weight excluding hydrogens is 748 g/mol. The Morgan fingerprint density at radius 1 is 0.982 bits per heavy atom. The summed E-state index contributed by atoms with van der Waals surface area (Å²) in [4.78, 5) is 62.1. The number of ether oxygens (including phenoxy) is 1. The Kier molecular flexibility index (Phi) is 8.68. The number of allylic oxidation sites excluding steroid dienone is 2. The molecular formula is C44H39ClN4O6S. The minimum atomic E-state index is -1.22. The Balaban J connectivity index is 1.13. The van der Waals surface area contributed by atoms with Crippen LogP contribution in [0.5, 0.6) is 5.75 Å². The number of aliphatic hydroxyl groups is 1. The number of thiophene rings is 1. The number of nitrogens with zero attached hydrogens (tertiary/aromatic N) is 4. The lowest BCUT2D eigenvalue weighted by Crippen LogP contribution is -2.48. The van der Waals surface area contributed by atoms with Crippen LogP contribution in [0.4, 0.5) is 11.5 Å². The standard InChI is InChI=1S/C44H39ClN4O6S/c1-5-24-6-11-27(12-7-24)48-40(51)30-16-15-29-32(37(30)42(48)53)21-33-41(52)49(43(54)44(33,3)38(29)25-8-13-28(14-9-25)55-19-18-50)36-22-34(46-47(36)4)39-23(2)31-20-26(45)10-17-35(31)56-39/h5-15,17,20,22,30,32-33,37-38,50H,1,16,18-19,21H2,2-4H3/t30-,32+,33-,37-,38-,44+/m0/s1. The van der Waals surface area contributed by atoms with Crippen LogP contribution in [0.3, 0.4) is 0 Å². The van der Waals surface area contributed by atoms with Crippen LogP contribution in [0.25, 0.3) is 26.7 Å². The third kappa shape index (κ3) is 5.28. The fourth-order valence-electron chi connectivity index (χ4n) is 9.76. The predicted molar refractivity (Wildman–Crippen MR) is 216 cm³/mol. The number of aryl methyl sites for hydroxylation is 2. The van der Waals surface area contributed by atoms with Crippen LogP contribution in [0.15, 0.2) is 91.0 Å². The monoisotopic (exact) mass is 786 g/mol. The lowest BCUT2D eigenvalue weighted by Gasteiger charge is -2.49. The first kappa shape index (κ1) is 36.3. The molecule has 0 spiro atoms. The van der Waals surface area contributed by atoms with Gasteiger partial charge in [0.15, 0.2) is 0 Å². The summed E-state index contributed by atoms with van der Waals surface area (Å²) in [5, 5.41) is 15.8. The number of carbonyl (C=O) groups excluding carboxylic acids is 4. The second kappa shape index (κ2) is 13.4. The molecule has 5 aromatic rings. The number of anilines is 2. The fourth-order valence-corrected chi connectivity index (χ4v) is 11.1. The van der Waals surface area contributed by atoms with E-state index in [1.54, 1.807) is 59.5 Å². The number of hydrogen-bond acceptors (Lipinski definition) is 8. The quantitative estimate of drug-likeness (QED) is 0.126. The molecule has 3 aromatic carbocycles. The van der Waals surface area contributed by atoms with Crippen LogP contribution in [0.2, 0.25) is 5.02 Å². The van der Waals surface area contributed by atoms with Gasteiger partial charge in [0.25, 0.3) is 0 Å². The molecule has 2 saturated heterocycles. The van der Waals surface area contributed by atoms with Crippen molar-refractivity contribution in [2.24, 2.45) is 36.1 Å². The summed E-state index contributed by atoms with van der Waals surface area (Å²) in [6.45, 7) is 7.69. The largest absolute Gasteiger partial charge is 0.491 e. The van der Waals surface area contributed by atoms with Gasteiger partial charge in [-0.2, -0.15) is 5.10 Å². The van der Waals surface area contributed by atoms with Gasteiger partial charge in [-0.05, 0) is 97.1 Å². The van der Waals surface area contributed by atoms with Gasteiger partial charge in [-0.15, -0.1) is 11.3 Å². The number of amides is 4. The van der Waals surface area contributed by atoms with Crippen molar-refractivity contribution in [2.75, 3.05) is 23.0 Å². The van der Waals surface area contributed by atoms with Crippen LogP contribution >= 0.6 is 22.9 Å². The molecule has 6 atom stereocenters. The van der Waals surface area contributed by atoms with Crippen LogP contribution in [0, 0.1) is 36.0 Å². The molecule has 12 heteroatoms. The minimum absolute atomic E-state index is 0.130. The number of halogens is 1. The maximum atomic E-state index is 15.2. The van der Waals surface area contributed by atoms with Crippen molar-refractivity contribution >= 4 is 74.2 Å². The van der Waals surface area contributed by atoms with Gasteiger partial charge in [0.2, 0.25) is 23.6 Å². The number of benzene rings is 3. The van der Waals surface area contributed by atoms with Gasteiger partial charge in [-0.3, -0.25) is 28.8 Å². The SMILES string of the molecule is C=Cc1ccc(N2C(=O)[C@H]3[C@H](CC=C4[C@H]3C[C@H]3C(=O)N(c5cc(-c6sc7ccc(Cl)cc7c6C)nn5C)C(=O)[C@@]3(C)[C@H]4c3ccc(OCCO)cc3)C2=O)cc1. The van der Waals surface area contributed by atoms with Crippen molar-refractivity contribution in [1.29, 1.82) is 0 Å². The molecule has 2 aliphatic heterocycles. The zero-order chi connectivity index (χ0) is 39.2. The molecule has 0 radical (unpaired) electrons. The summed E-state index contributed by atoms with van der Waals surface area (Å²) < 4.78 is 8.30. The molecule has 0 unspecified atom stereocenters. The zero-order valence-electron chi connectivity index (χ0n) is 31.1. The second-order valence-corrected chi connectivity index (χ2v) is 16.8. The van der Waals surface area contributed by atoms with E-state index >= 15 is 4.79 Å². The summed E-state index contributed by atoms with van der Waals surface area (Å²) in [7, 11) is 1.73. The third-order valence-corrected chi connectivity index (χ3v) is 14.0. The zero-order valence-corrected chi connectivity index (χ0v) is 32.6. The Hall–Kier alpha value is -5.36. The Labute approximate surface area is 332 Å². The van der Waals surface area contributed by atoms with E-state index in [2.05, 4.69) is 6.58 Å². The molecule has 284 valence electrons. The molecule has 9 rings (SSSR count). The second-order valence-electron chi connectivity index (χ2n) is 15.3. The van der Waals surface area contributed by atoms with Crippen LogP contribution in [0.1, 0.15) is 42.4 Å². The van der Waals surface area contributed by atoms with Gasteiger partial charge in [-0.1, -0.05) is 60.2 Å². The first-order chi connectivity index (χ1) is 27.0. The van der Waals surface area contributed by atoms with Crippen LogP contribution in [-0.2, 0) is 26.2 Å². The number of carbonyl (C=O) groups is 4. The van der Waals surface area contributed by atoms with E-state index in [9.17, 15) is 19.5 Å².